The topological polar surface area (TPSA) is 89.8 Å². The maximum Gasteiger partial charge on any atom is 1.00 e. The molecule has 0 atom stereocenters. The number of aliphatic imine (C=N–C) groups is 1. The molecule has 0 radical (unpaired) electrons. The number of rotatable bonds is 25. The van der Waals surface area contributed by atoms with E-state index in [2.05, 4.69) is 11.9 Å². The predicted octanol–water partition coefficient (Wildman–Crippen LogP) is 4.41. The molecule has 0 fully saturated rings. The van der Waals surface area contributed by atoms with Gasteiger partial charge in [-0.2, -0.15) is 8.42 Å². The van der Waals surface area contributed by atoms with Crippen molar-refractivity contribution in [3.8, 4) is 0 Å². The first-order chi connectivity index (χ1) is 16.0. The Balaban J connectivity index is 0. The molecule has 0 amide bonds. The number of nitrogens with zero attached hydrogens (tertiary/aromatic N) is 1. The number of unbranched alkanes of at least 4 members (excludes halogenated alkanes) is 19. The van der Waals surface area contributed by atoms with Crippen molar-refractivity contribution in [1.29, 1.82) is 0 Å². The Morgan fingerprint density at radius 2 is 1.09 bits per heavy atom. The van der Waals surface area contributed by atoms with E-state index in [9.17, 15) is 13.5 Å². The van der Waals surface area contributed by atoms with Crippen LogP contribution in [0, 0.1) is 0 Å². The Bertz CT molecular complexity index is 579. The van der Waals surface area contributed by atoms with Gasteiger partial charge >= 0.3 is 51.4 Å². The SMILES string of the molecule is CCCCCCCCCCCCCCCCCCCCC/C=C/C([O-])=NCCCS(=O)(=O)O.[K+]. The van der Waals surface area contributed by atoms with E-state index in [-0.39, 0.29) is 76.0 Å². The van der Waals surface area contributed by atoms with E-state index in [0.717, 1.165) is 12.8 Å². The summed E-state index contributed by atoms with van der Waals surface area (Å²) in [6, 6.07) is 0. The molecule has 34 heavy (non-hydrogen) atoms. The van der Waals surface area contributed by atoms with Crippen molar-refractivity contribution in [3.05, 3.63) is 12.2 Å². The maximum atomic E-state index is 11.5. The Morgan fingerprint density at radius 3 is 1.47 bits per heavy atom. The van der Waals surface area contributed by atoms with Gasteiger partial charge in [0.1, 0.15) is 0 Å². The molecule has 1 N–H and O–H groups in total. The summed E-state index contributed by atoms with van der Waals surface area (Å²) >= 11 is 0. The molecule has 7 heteroatoms. The van der Waals surface area contributed by atoms with Crippen LogP contribution in [0.15, 0.2) is 17.1 Å². The molecule has 0 rings (SSSR count). The largest absolute Gasteiger partial charge is 1.00 e. The molecule has 0 aromatic heterocycles. The minimum absolute atomic E-state index is 0. The molecular weight excluding hydrogens is 473 g/mol. The van der Waals surface area contributed by atoms with Crippen molar-refractivity contribution >= 4 is 16.0 Å². The smallest absolute Gasteiger partial charge is 0.859 e. The second kappa shape index (κ2) is 28.3. The average molecular weight is 526 g/mol. The molecule has 0 aliphatic heterocycles. The zero-order valence-corrected chi connectivity index (χ0v) is 26.4. The summed E-state index contributed by atoms with van der Waals surface area (Å²) in [5.41, 5.74) is 0. The van der Waals surface area contributed by atoms with Crippen molar-refractivity contribution in [2.75, 3.05) is 12.3 Å². The van der Waals surface area contributed by atoms with Crippen LogP contribution in [-0.4, -0.2) is 31.2 Å². The summed E-state index contributed by atoms with van der Waals surface area (Å²) in [6.07, 6.45) is 30.3. The van der Waals surface area contributed by atoms with Crippen LogP contribution in [0.25, 0.3) is 0 Å². The molecule has 0 aromatic rings. The van der Waals surface area contributed by atoms with Crippen LogP contribution in [-0.2, 0) is 10.1 Å². The second-order valence-electron chi connectivity index (χ2n) is 9.41. The Hall–Kier alpha value is 0.756. The van der Waals surface area contributed by atoms with Gasteiger partial charge in [-0.1, -0.05) is 135 Å². The zero-order valence-electron chi connectivity index (χ0n) is 22.4. The average Bonchev–Trinajstić information content (AvgIpc) is 2.77. The number of hydrogen-bond acceptors (Lipinski definition) is 4. The van der Waals surface area contributed by atoms with Crippen molar-refractivity contribution in [1.82, 2.24) is 0 Å². The van der Waals surface area contributed by atoms with Gasteiger partial charge in [0.05, 0.1) is 5.75 Å². The van der Waals surface area contributed by atoms with Gasteiger partial charge in [0.15, 0.2) is 0 Å². The third-order valence-corrected chi connectivity index (χ3v) is 6.87. The van der Waals surface area contributed by atoms with Gasteiger partial charge in [-0.3, -0.25) is 4.55 Å². The van der Waals surface area contributed by atoms with Gasteiger partial charge in [0, 0.05) is 6.54 Å². The van der Waals surface area contributed by atoms with Crippen molar-refractivity contribution in [3.63, 3.8) is 0 Å². The van der Waals surface area contributed by atoms with E-state index in [1.807, 2.05) is 6.08 Å². The molecule has 0 aromatic carbocycles. The number of allylic oxidation sites excluding steroid dienone is 1. The first-order valence-corrected chi connectivity index (χ1v) is 15.4. The third kappa shape index (κ3) is 32.8. The Kier molecular flexibility index (Phi) is 30.8. The summed E-state index contributed by atoms with van der Waals surface area (Å²) in [6.45, 7) is 2.41. The normalized spacial score (nSPS) is 12.4. The van der Waals surface area contributed by atoms with Crippen molar-refractivity contribution < 1.29 is 69.5 Å². The van der Waals surface area contributed by atoms with E-state index < -0.39 is 10.1 Å². The standard InChI is InChI=1S/C27H53NO4S.K/c1-2-3-4-5-6-7-8-9-10-11-12-13-14-15-16-17-18-19-20-21-22-24-27(29)28-25-23-26-33(30,31)32;/h22,24H,2-21,23,25-26H2,1H3,(H,28,29)(H,30,31,32);/q;+1/p-1/b24-22+;. The van der Waals surface area contributed by atoms with Crippen LogP contribution >= 0.6 is 0 Å². The van der Waals surface area contributed by atoms with Crippen LogP contribution < -0.4 is 56.5 Å². The molecule has 0 heterocycles. The Labute approximate surface area is 254 Å². The summed E-state index contributed by atoms with van der Waals surface area (Å²) in [5, 5.41) is 11.5. The fraction of sp³-hybridized carbons (Fsp3) is 0.889. The molecule has 0 bridgehead atoms. The number of hydrogen-bond donors (Lipinski definition) is 1. The van der Waals surface area contributed by atoms with Crippen LogP contribution in [0.5, 0.6) is 0 Å². The van der Waals surface area contributed by atoms with Crippen LogP contribution in [0.1, 0.15) is 142 Å². The quantitative estimate of drug-likeness (QED) is 0.0629. The zero-order chi connectivity index (χ0) is 24.5. The van der Waals surface area contributed by atoms with Crippen LogP contribution in [0.4, 0.5) is 0 Å². The monoisotopic (exact) mass is 525 g/mol. The first kappa shape index (κ1) is 36.9. The van der Waals surface area contributed by atoms with Crippen LogP contribution in [0.3, 0.4) is 0 Å². The van der Waals surface area contributed by atoms with Gasteiger partial charge in [0.25, 0.3) is 10.1 Å². The fourth-order valence-corrected chi connectivity index (χ4v) is 4.51. The Morgan fingerprint density at radius 1 is 0.706 bits per heavy atom. The van der Waals surface area contributed by atoms with Crippen molar-refractivity contribution in [2.24, 2.45) is 4.99 Å². The first-order valence-electron chi connectivity index (χ1n) is 13.8. The minimum atomic E-state index is -3.96. The van der Waals surface area contributed by atoms with E-state index >= 15 is 0 Å². The van der Waals surface area contributed by atoms with E-state index in [1.54, 1.807) is 0 Å². The second-order valence-corrected chi connectivity index (χ2v) is 11.0. The third-order valence-electron chi connectivity index (χ3n) is 6.06. The van der Waals surface area contributed by atoms with E-state index in [4.69, 9.17) is 4.55 Å². The van der Waals surface area contributed by atoms with Gasteiger partial charge in [-0.25, -0.2) is 0 Å². The molecule has 0 saturated heterocycles. The maximum absolute atomic E-state index is 11.5. The van der Waals surface area contributed by atoms with E-state index in [0.29, 0.717) is 0 Å². The minimum Gasteiger partial charge on any atom is -0.859 e. The van der Waals surface area contributed by atoms with E-state index in [1.165, 1.54) is 122 Å². The summed E-state index contributed by atoms with van der Waals surface area (Å²) in [4.78, 5) is 3.75. The molecule has 0 aliphatic rings. The summed E-state index contributed by atoms with van der Waals surface area (Å²) < 4.78 is 29.7. The van der Waals surface area contributed by atoms with Crippen LogP contribution in [0.2, 0.25) is 0 Å². The molecule has 0 unspecified atom stereocenters. The van der Waals surface area contributed by atoms with Crippen molar-refractivity contribution in [2.45, 2.75) is 142 Å². The van der Waals surface area contributed by atoms with Gasteiger partial charge in [-0.05, 0) is 25.2 Å². The molecular formula is C27H52KNO4S. The van der Waals surface area contributed by atoms with Gasteiger partial charge in [-0.15, -0.1) is 0 Å². The summed E-state index contributed by atoms with van der Waals surface area (Å²) in [7, 11) is -3.96. The molecule has 0 spiro atoms. The fourth-order valence-electron chi connectivity index (χ4n) is 4.01. The molecule has 196 valence electrons. The molecule has 0 aliphatic carbocycles. The molecule has 0 saturated carbocycles. The van der Waals surface area contributed by atoms with Gasteiger partial charge < -0.3 is 10.1 Å². The predicted molar refractivity (Wildman–Crippen MR) is 140 cm³/mol. The van der Waals surface area contributed by atoms with Gasteiger partial charge in [0.2, 0.25) is 0 Å². The summed E-state index contributed by atoms with van der Waals surface area (Å²) in [5.74, 6) is -0.685. The molecule has 5 nitrogen and oxygen atoms in total.